The first-order chi connectivity index (χ1) is 11.1. The summed E-state index contributed by atoms with van der Waals surface area (Å²) in [6, 6.07) is 3.49. The summed E-state index contributed by atoms with van der Waals surface area (Å²) in [4.78, 5) is 27.4. The molecule has 0 fully saturated rings. The van der Waals surface area contributed by atoms with Gasteiger partial charge < -0.3 is 10.6 Å². The molecule has 1 aliphatic heterocycles. The molecule has 7 nitrogen and oxygen atoms in total. The topological polar surface area (TPSA) is 95.8 Å². The Morgan fingerprint density at radius 3 is 2.70 bits per heavy atom. The van der Waals surface area contributed by atoms with E-state index in [0.717, 1.165) is 0 Å². The molecular weight excluding hydrogens is 294 g/mol. The highest BCUT2D eigenvalue weighted by atomic mass is 16.2. The van der Waals surface area contributed by atoms with Gasteiger partial charge in [-0.2, -0.15) is 10.2 Å². The number of hydrogen-bond acceptors (Lipinski definition) is 5. The van der Waals surface area contributed by atoms with E-state index in [1.54, 1.807) is 24.5 Å². The minimum Gasteiger partial charge on any atom is -0.356 e. The fourth-order valence-electron chi connectivity index (χ4n) is 2.05. The van der Waals surface area contributed by atoms with Crippen LogP contribution in [0.2, 0.25) is 0 Å². The average Bonchev–Trinajstić information content (AvgIpc) is 3.32. The highest BCUT2D eigenvalue weighted by Gasteiger charge is 2.39. The number of hydrogen-bond donors (Lipinski definition) is 2. The Morgan fingerprint density at radius 2 is 2.04 bits per heavy atom. The van der Waals surface area contributed by atoms with Gasteiger partial charge in [-0.05, 0) is 12.1 Å². The number of nitrogens with zero attached hydrogens (tertiary/aromatic N) is 3. The SMILES string of the molecule is C#CCCC1(CCC(=O)NCCC(=O)Nc2cccnc2)N=N1. The van der Waals surface area contributed by atoms with E-state index in [0.29, 0.717) is 31.4 Å². The predicted molar refractivity (Wildman–Crippen MR) is 85.4 cm³/mol. The van der Waals surface area contributed by atoms with Crippen LogP contribution in [0.1, 0.15) is 32.1 Å². The van der Waals surface area contributed by atoms with Crippen molar-refractivity contribution in [3.63, 3.8) is 0 Å². The molecule has 0 atom stereocenters. The Bertz CT molecular complexity index is 615. The molecule has 0 saturated heterocycles. The van der Waals surface area contributed by atoms with Gasteiger partial charge in [0, 0.05) is 44.8 Å². The molecule has 1 aromatic rings. The Morgan fingerprint density at radius 1 is 1.22 bits per heavy atom. The normalized spacial score (nSPS) is 13.9. The van der Waals surface area contributed by atoms with Gasteiger partial charge in [-0.3, -0.25) is 14.6 Å². The number of rotatable bonds is 9. The van der Waals surface area contributed by atoms with Crippen molar-refractivity contribution < 1.29 is 9.59 Å². The van der Waals surface area contributed by atoms with Crippen LogP contribution in [0.15, 0.2) is 34.8 Å². The summed E-state index contributed by atoms with van der Waals surface area (Å²) >= 11 is 0. The average molecular weight is 313 g/mol. The molecule has 2 N–H and O–H groups in total. The van der Waals surface area contributed by atoms with Gasteiger partial charge in [-0.1, -0.05) is 0 Å². The Labute approximate surface area is 135 Å². The first kappa shape index (κ1) is 16.6. The van der Waals surface area contributed by atoms with Gasteiger partial charge in [0.2, 0.25) is 11.8 Å². The van der Waals surface area contributed by atoms with E-state index >= 15 is 0 Å². The molecule has 0 aromatic carbocycles. The number of carbonyl (C=O) groups is 2. The molecular formula is C16H19N5O2. The summed E-state index contributed by atoms with van der Waals surface area (Å²) in [5, 5.41) is 13.4. The zero-order valence-corrected chi connectivity index (χ0v) is 12.8. The molecule has 7 heteroatoms. The lowest BCUT2D eigenvalue weighted by Gasteiger charge is -2.09. The monoisotopic (exact) mass is 313 g/mol. The molecule has 0 radical (unpaired) electrons. The summed E-state index contributed by atoms with van der Waals surface area (Å²) in [5.41, 5.74) is 0.192. The van der Waals surface area contributed by atoms with E-state index in [-0.39, 0.29) is 24.8 Å². The summed E-state index contributed by atoms with van der Waals surface area (Å²) in [6.45, 7) is 0.288. The van der Waals surface area contributed by atoms with Crippen molar-refractivity contribution in [2.75, 3.05) is 11.9 Å². The highest BCUT2D eigenvalue weighted by Crippen LogP contribution is 2.37. The van der Waals surface area contributed by atoms with Crippen LogP contribution in [0.5, 0.6) is 0 Å². The van der Waals surface area contributed by atoms with E-state index in [1.807, 2.05) is 0 Å². The molecule has 0 spiro atoms. The lowest BCUT2D eigenvalue weighted by Crippen LogP contribution is -2.28. The second-order valence-corrected chi connectivity index (χ2v) is 5.28. The minimum absolute atomic E-state index is 0.114. The summed E-state index contributed by atoms with van der Waals surface area (Å²) in [5.74, 6) is 2.26. The molecule has 0 aliphatic carbocycles. The molecule has 2 rings (SSSR count). The van der Waals surface area contributed by atoms with Crippen molar-refractivity contribution in [2.45, 2.75) is 37.8 Å². The maximum atomic E-state index is 11.8. The number of terminal acetylenes is 1. The van der Waals surface area contributed by atoms with E-state index in [9.17, 15) is 9.59 Å². The Hall–Kier alpha value is -2.75. The van der Waals surface area contributed by atoms with Gasteiger partial charge in [-0.25, -0.2) is 0 Å². The molecule has 0 saturated carbocycles. The van der Waals surface area contributed by atoms with Crippen molar-refractivity contribution in [1.29, 1.82) is 0 Å². The van der Waals surface area contributed by atoms with Crippen LogP contribution >= 0.6 is 0 Å². The number of pyridine rings is 1. The smallest absolute Gasteiger partial charge is 0.226 e. The van der Waals surface area contributed by atoms with E-state index in [2.05, 4.69) is 31.8 Å². The zero-order valence-electron chi connectivity index (χ0n) is 12.8. The van der Waals surface area contributed by atoms with Gasteiger partial charge in [0.05, 0.1) is 11.9 Å². The summed E-state index contributed by atoms with van der Waals surface area (Å²) in [6.07, 6.45) is 10.8. The third-order valence-corrected chi connectivity index (χ3v) is 3.42. The third kappa shape index (κ3) is 5.87. The quantitative estimate of drug-likeness (QED) is 0.681. The van der Waals surface area contributed by atoms with Crippen LogP contribution in [0.4, 0.5) is 5.69 Å². The van der Waals surface area contributed by atoms with Gasteiger partial charge in [0.1, 0.15) is 0 Å². The van der Waals surface area contributed by atoms with E-state index in [4.69, 9.17) is 6.42 Å². The molecule has 1 aliphatic rings. The lowest BCUT2D eigenvalue weighted by molar-refractivity contribution is -0.121. The van der Waals surface area contributed by atoms with Gasteiger partial charge in [0.15, 0.2) is 5.66 Å². The number of carbonyl (C=O) groups excluding carboxylic acids is 2. The molecule has 2 amide bonds. The van der Waals surface area contributed by atoms with Crippen molar-refractivity contribution >= 4 is 17.5 Å². The standard InChI is InChI=1S/C16H19N5O2/c1-2-3-8-16(20-21-16)9-6-14(22)18-11-7-15(23)19-13-5-4-10-17-12-13/h1,4-5,10,12H,3,6-9,11H2,(H,18,22)(H,19,23). The van der Waals surface area contributed by atoms with Crippen LogP contribution in [0.3, 0.4) is 0 Å². The van der Waals surface area contributed by atoms with Crippen LogP contribution < -0.4 is 10.6 Å². The number of nitrogens with one attached hydrogen (secondary N) is 2. The van der Waals surface area contributed by atoms with Crippen LogP contribution in [0, 0.1) is 12.3 Å². The first-order valence-corrected chi connectivity index (χ1v) is 7.48. The second kappa shape index (κ2) is 8.03. The Balaban J connectivity index is 1.58. The molecule has 2 heterocycles. The van der Waals surface area contributed by atoms with E-state index < -0.39 is 5.66 Å². The fourth-order valence-corrected chi connectivity index (χ4v) is 2.05. The number of anilines is 1. The van der Waals surface area contributed by atoms with Crippen molar-refractivity contribution in [1.82, 2.24) is 10.3 Å². The summed E-state index contributed by atoms with van der Waals surface area (Å²) in [7, 11) is 0. The fraction of sp³-hybridized carbons (Fsp3) is 0.438. The minimum atomic E-state index is -0.443. The number of amides is 2. The molecule has 0 unspecified atom stereocenters. The van der Waals surface area contributed by atoms with Crippen LogP contribution in [-0.4, -0.2) is 29.0 Å². The molecule has 0 bridgehead atoms. The zero-order chi connectivity index (χ0) is 16.5. The van der Waals surface area contributed by atoms with Crippen LogP contribution in [0.25, 0.3) is 0 Å². The number of aromatic nitrogens is 1. The van der Waals surface area contributed by atoms with E-state index in [1.165, 1.54) is 0 Å². The largest absolute Gasteiger partial charge is 0.356 e. The van der Waals surface area contributed by atoms with Crippen molar-refractivity contribution in [3.8, 4) is 12.3 Å². The molecule has 120 valence electrons. The van der Waals surface area contributed by atoms with Gasteiger partial charge in [-0.15, -0.1) is 12.3 Å². The Kier molecular flexibility index (Phi) is 5.80. The predicted octanol–water partition coefficient (Wildman–Crippen LogP) is 1.88. The van der Waals surface area contributed by atoms with Crippen LogP contribution in [-0.2, 0) is 9.59 Å². The van der Waals surface area contributed by atoms with Crippen molar-refractivity contribution in [2.24, 2.45) is 10.2 Å². The first-order valence-electron chi connectivity index (χ1n) is 7.48. The van der Waals surface area contributed by atoms with Gasteiger partial charge in [0.25, 0.3) is 0 Å². The maximum Gasteiger partial charge on any atom is 0.226 e. The highest BCUT2D eigenvalue weighted by molar-refractivity contribution is 5.90. The van der Waals surface area contributed by atoms with Crippen molar-refractivity contribution in [3.05, 3.63) is 24.5 Å². The molecule has 23 heavy (non-hydrogen) atoms. The third-order valence-electron chi connectivity index (χ3n) is 3.42. The second-order valence-electron chi connectivity index (χ2n) is 5.28. The van der Waals surface area contributed by atoms with Gasteiger partial charge >= 0.3 is 0 Å². The molecule has 1 aromatic heterocycles. The maximum absolute atomic E-state index is 11.8. The lowest BCUT2D eigenvalue weighted by atomic mass is 10.0. The summed E-state index contributed by atoms with van der Waals surface area (Å²) < 4.78 is 0.